The number of anilines is 2. The Morgan fingerprint density at radius 3 is 2.58 bits per heavy atom. The fourth-order valence-electron chi connectivity index (χ4n) is 3.24. The zero-order valence-corrected chi connectivity index (χ0v) is 13.9. The number of rotatable bonds is 3. The Bertz CT molecular complexity index is 942. The summed E-state index contributed by atoms with van der Waals surface area (Å²) in [4.78, 5) is 38.9. The van der Waals surface area contributed by atoms with Crippen molar-refractivity contribution in [3.63, 3.8) is 0 Å². The van der Waals surface area contributed by atoms with Gasteiger partial charge < -0.3 is 10.6 Å². The van der Waals surface area contributed by atoms with Crippen LogP contribution < -0.4 is 21.9 Å². The Labute approximate surface area is 138 Å². The average Bonchev–Trinajstić information content (AvgIpc) is 2.88. The first-order valence-corrected chi connectivity index (χ1v) is 7.75. The first-order valence-electron chi connectivity index (χ1n) is 7.75. The van der Waals surface area contributed by atoms with Gasteiger partial charge in [-0.25, -0.2) is 4.79 Å². The van der Waals surface area contributed by atoms with Crippen LogP contribution in [0, 0.1) is 0 Å². The van der Waals surface area contributed by atoms with Crippen LogP contribution in [0.25, 0.3) is 0 Å². The van der Waals surface area contributed by atoms with Crippen molar-refractivity contribution < 1.29 is 4.79 Å². The molecule has 1 aromatic heterocycles. The number of carbonyl (C=O) groups excluding carboxylic acids is 1. The number of hydrogen-bond donors (Lipinski definition) is 1. The highest BCUT2D eigenvalue weighted by Gasteiger charge is 2.28. The van der Waals surface area contributed by atoms with E-state index in [9.17, 15) is 14.4 Å². The van der Waals surface area contributed by atoms with E-state index in [0.29, 0.717) is 12.5 Å². The van der Waals surface area contributed by atoms with E-state index in [1.807, 2.05) is 29.2 Å². The number of carbonyl (C=O) groups is 1. The van der Waals surface area contributed by atoms with Gasteiger partial charge in [0.05, 0.1) is 6.54 Å². The van der Waals surface area contributed by atoms with Gasteiger partial charge in [-0.1, -0.05) is 25.1 Å². The normalized spacial score (nSPS) is 16.3. The molecule has 0 spiro atoms. The number of nitrogen functional groups attached to an aromatic ring is 1. The first-order chi connectivity index (χ1) is 11.3. The predicted octanol–water partition coefficient (Wildman–Crippen LogP) is 0.473. The van der Waals surface area contributed by atoms with E-state index < -0.39 is 11.2 Å². The molecule has 1 aliphatic rings. The maximum atomic E-state index is 12.7. The number of nitrogens with zero attached hydrogens (tertiary/aromatic N) is 3. The van der Waals surface area contributed by atoms with Gasteiger partial charge in [0.15, 0.2) is 5.78 Å². The smallest absolute Gasteiger partial charge is 0.332 e. The maximum Gasteiger partial charge on any atom is 0.332 e. The maximum absolute atomic E-state index is 12.7. The summed E-state index contributed by atoms with van der Waals surface area (Å²) >= 11 is 0. The number of nitrogens with two attached hydrogens (primary N) is 1. The molecule has 1 aliphatic heterocycles. The summed E-state index contributed by atoms with van der Waals surface area (Å²) in [5, 5.41) is 0. The molecule has 7 heteroatoms. The lowest BCUT2D eigenvalue weighted by Gasteiger charge is -2.19. The largest absolute Gasteiger partial charge is 0.384 e. The van der Waals surface area contributed by atoms with Gasteiger partial charge in [-0.3, -0.25) is 18.7 Å². The molecule has 7 nitrogen and oxygen atoms in total. The first kappa shape index (κ1) is 16.0. The van der Waals surface area contributed by atoms with E-state index in [2.05, 4.69) is 6.92 Å². The molecule has 0 radical (unpaired) electrons. The van der Waals surface area contributed by atoms with E-state index in [-0.39, 0.29) is 23.7 Å². The van der Waals surface area contributed by atoms with Crippen LogP contribution in [-0.2, 0) is 14.1 Å². The zero-order valence-electron chi connectivity index (χ0n) is 13.9. The van der Waals surface area contributed by atoms with Crippen molar-refractivity contribution in [3.8, 4) is 0 Å². The highest BCUT2D eigenvalue weighted by molar-refractivity contribution is 6.02. The minimum absolute atomic E-state index is 0.0546. The van der Waals surface area contributed by atoms with Crippen molar-refractivity contribution in [2.24, 2.45) is 14.1 Å². The number of para-hydroxylation sites is 1. The molecular formula is C17H20N4O3. The Kier molecular flexibility index (Phi) is 3.79. The van der Waals surface area contributed by atoms with Gasteiger partial charge in [-0.05, 0) is 11.6 Å². The van der Waals surface area contributed by atoms with Crippen molar-refractivity contribution in [2.75, 3.05) is 23.7 Å². The summed E-state index contributed by atoms with van der Waals surface area (Å²) in [6.45, 7) is 2.86. The van der Waals surface area contributed by atoms with Crippen molar-refractivity contribution in [1.82, 2.24) is 9.13 Å². The molecule has 126 valence electrons. The Morgan fingerprint density at radius 2 is 1.88 bits per heavy atom. The third kappa shape index (κ3) is 2.33. The van der Waals surface area contributed by atoms with Crippen LogP contribution in [0.2, 0.25) is 0 Å². The summed E-state index contributed by atoms with van der Waals surface area (Å²) in [7, 11) is 2.79. The molecule has 0 aliphatic carbocycles. The molecule has 0 fully saturated rings. The highest BCUT2D eigenvalue weighted by Crippen LogP contribution is 2.35. The monoisotopic (exact) mass is 328 g/mol. The number of hydrogen-bond acceptors (Lipinski definition) is 5. The molecule has 3 rings (SSSR count). The molecule has 1 unspecified atom stereocenters. The number of ketones is 1. The molecule has 24 heavy (non-hydrogen) atoms. The fraction of sp³-hybridized carbons (Fsp3) is 0.353. The van der Waals surface area contributed by atoms with Gasteiger partial charge in [-0.15, -0.1) is 0 Å². The molecular weight excluding hydrogens is 308 g/mol. The molecule has 1 aromatic carbocycles. The Morgan fingerprint density at radius 1 is 1.21 bits per heavy atom. The van der Waals surface area contributed by atoms with Gasteiger partial charge >= 0.3 is 5.69 Å². The van der Waals surface area contributed by atoms with Gasteiger partial charge in [-0.2, -0.15) is 0 Å². The van der Waals surface area contributed by atoms with Crippen molar-refractivity contribution in [3.05, 3.63) is 56.2 Å². The topological polar surface area (TPSA) is 90.3 Å². The number of aromatic nitrogens is 2. The molecule has 0 saturated heterocycles. The van der Waals surface area contributed by atoms with Crippen LogP contribution in [0.3, 0.4) is 0 Å². The van der Waals surface area contributed by atoms with Gasteiger partial charge in [0.2, 0.25) is 0 Å². The van der Waals surface area contributed by atoms with Gasteiger partial charge in [0.25, 0.3) is 5.56 Å². The summed E-state index contributed by atoms with van der Waals surface area (Å²) in [5.74, 6) is -0.157. The van der Waals surface area contributed by atoms with E-state index in [4.69, 9.17) is 5.73 Å². The van der Waals surface area contributed by atoms with Crippen LogP contribution in [0.5, 0.6) is 0 Å². The van der Waals surface area contributed by atoms with Crippen LogP contribution in [-0.4, -0.2) is 28.0 Å². The minimum Gasteiger partial charge on any atom is -0.384 e. The summed E-state index contributed by atoms with van der Waals surface area (Å²) in [6.07, 6.45) is 0. The second-order valence-corrected chi connectivity index (χ2v) is 6.23. The minimum atomic E-state index is -0.652. The van der Waals surface area contributed by atoms with Crippen molar-refractivity contribution in [2.45, 2.75) is 12.8 Å². The van der Waals surface area contributed by atoms with Crippen LogP contribution in [0.4, 0.5) is 11.5 Å². The van der Waals surface area contributed by atoms with E-state index in [0.717, 1.165) is 14.8 Å². The lowest BCUT2D eigenvalue weighted by atomic mass is 10.0. The average molecular weight is 328 g/mol. The standard InChI is InChI=1S/C17H20N4O3/c1-10-8-21(12-7-5-4-6-11(10)12)9-13(22)14-15(18)19(2)17(24)20(3)16(14)23/h4-7,10H,8-9,18H2,1-3H3. The third-order valence-electron chi connectivity index (χ3n) is 4.63. The van der Waals surface area contributed by atoms with E-state index in [1.165, 1.54) is 19.7 Å². The van der Waals surface area contributed by atoms with Crippen molar-refractivity contribution >= 4 is 17.3 Å². The number of Topliss-reactive ketones (excluding diaryl/α,β-unsaturated/α-hetero) is 1. The van der Waals surface area contributed by atoms with E-state index >= 15 is 0 Å². The Hall–Kier alpha value is -2.83. The zero-order chi connectivity index (χ0) is 17.6. The van der Waals surface area contributed by atoms with Gasteiger partial charge in [0.1, 0.15) is 11.4 Å². The van der Waals surface area contributed by atoms with Crippen LogP contribution in [0.1, 0.15) is 28.8 Å². The second-order valence-electron chi connectivity index (χ2n) is 6.23. The highest BCUT2D eigenvalue weighted by atomic mass is 16.2. The van der Waals surface area contributed by atoms with E-state index in [1.54, 1.807) is 0 Å². The second kappa shape index (κ2) is 5.67. The molecule has 2 aromatic rings. The third-order valence-corrected chi connectivity index (χ3v) is 4.63. The molecule has 0 saturated carbocycles. The molecule has 2 heterocycles. The quantitative estimate of drug-likeness (QED) is 0.827. The van der Waals surface area contributed by atoms with Crippen molar-refractivity contribution in [1.29, 1.82) is 0 Å². The molecule has 2 N–H and O–H groups in total. The van der Waals surface area contributed by atoms with Crippen LogP contribution >= 0.6 is 0 Å². The predicted molar refractivity (Wildman–Crippen MR) is 92.7 cm³/mol. The summed E-state index contributed by atoms with van der Waals surface area (Å²) < 4.78 is 2.03. The van der Waals surface area contributed by atoms with Crippen LogP contribution in [0.15, 0.2) is 33.9 Å². The number of benzene rings is 1. The summed E-state index contributed by atoms with van der Waals surface area (Å²) in [6, 6.07) is 7.91. The fourth-order valence-corrected chi connectivity index (χ4v) is 3.24. The Balaban J connectivity index is 1.99. The summed E-state index contributed by atoms with van der Waals surface area (Å²) in [5.41, 5.74) is 6.72. The molecule has 0 bridgehead atoms. The lowest BCUT2D eigenvalue weighted by molar-refractivity contribution is 0.0997. The molecule has 1 atom stereocenters. The number of fused-ring (bicyclic) bond motifs is 1. The molecule has 0 amide bonds. The van der Waals surface area contributed by atoms with Gasteiger partial charge in [0, 0.05) is 32.2 Å². The SMILES string of the molecule is CC1CN(CC(=O)c2c(N)n(C)c(=O)n(C)c2=O)c2ccccc21. The lowest BCUT2D eigenvalue weighted by Crippen LogP contribution is -2.43.